The van der Waals surface area contributed by atoms with E-state index in [0.29, 0.717) is 0 Å². The molecular weight excluding hydrogens is 308 g/mol. The van der Waals surface area contributed by atoms with Crippen molar-refractivity contribution >= 4 is 30.7 Å². The minimum absolute atomic E-state index is 0.839. The summed E-state index contributed by atoms with van der Waals surface area (Å²) in [5.41, 5.74) is 0. The van der Waals surface area contributed by atoms with E-state index in [1.54, 1.807) is 0 Å². The van der Waals surface area contributed by atoms with Crippen LogP contribution in [0.15, 0.2) is 0 Å². The van der Waals surface area contributed by atoms with E-state index in [1.807, 2.05) is 0 Å². The first-order valence-electron chi connectivity index (χ1n) is 3.25. The summed E-state index contributed by atoms with van der Waals surface area (Å²) in [4.78, 5) is 46.8. The summed E-state index contributed by atoms with van der Waals surface area (Å²) < 4.78 is 43.4. The molecule has 0 bridgehead atoms. The molecular formula is H4N4O8P4-4. The highest BCUT2D eigenvalue weighted by Crippen LogP contribution is 2.55. The molecule has 1 fully saturated rings. The normalized spacial score (nSPS) is 55.2. The summed E-state index contributed by atoms with van der Waals surface area (Å²) in [6, 6.07) is 0. The largest absolute Gasteiger partial charge is 0.775 e. The molecule has 0 radical (unpaired) electrons. The van der Waals surface area contributed by atoms with Gasteiger partial charge in [0.05, 0.1) is 0 Å². The topological polar surface area (TPSA) is 209 Å². The molecule has 0 unspecified atom stereocenters. The molecule has 1 aliphatic heterocycles. The van der Waals surface area contributed by atoms with E-state index in [4.69, 9.17) is 0 Å². The number of rotatable bonds is 0. The van der Waals surface area contributed by atoms with Crippen LogP contribution < -0.4 is 39.0 Å². The Bertz CT molecular complexity index is 368. The summed E-state index contributed by atoms with van der Waals surface area (Å²) in [6.45, 7) is 0. The van der Waals surface area contributed by atoms with Crippen molar-refractivity contribution in [2.24, 2.45) is 0 Å². The zero-order valence-electron chi connectivity index (χ0n) is 7.05. The van der Waals surface area contributed by atoms with Crippen molar-refractivity contribution in [1.29, 1.82) is 0 Å². The molecule has 12 nitrogen and oxygen atoms in total. The van der Waals surface area contributed by atoms with E-state index in [0.717, 1.165) is 19.4 Å². The van der Waals surface area contributed by atoms with Crippen molar-refractivity contribution in [1.82, 2.24) is 19.4 Å². The SMILES string of the molecule is O=P1([O-])NP(=O)([O-])NP(=O)([O-])NP(=O)([O-])N1. The molecule has 96 valence electrons. The van der Waals surface area contributed by atoms with E-state index >= 15 is 0 Å². The second-order valence-corrected chi connectivity index (χ2v) is 10.2. The Labute approximate surface area is 88.7 Å². The number of hydrogen-bond acceptors (Lipinski definition) is 8. The first-order valence-corrected chi connectivity index (χ1v) is 9.75. The van der Waals surface area contributed by atoms with Crippen LogP contribution >= 0.6 is 30.7 Å². The number of nitrogens with one attached hydrogen (secondary N) is 4. The van der Waals surface area contributed by atoms with Crippen LogP contribution in [0.5, 0.6) is 0 Å². The predicted molar refractivity (Wildman–Crippen MR) is 43.0 cm³/mol. The molecule has 0 aliphatic carbocycles. The molecule has 1 aliphatic rings. The Morgan fingerprint density at radius 2 is 0.625 bits per heavy atom. The van der Waals surface area contributed by atoms with Crippen LogP contribution in [0.25, 0.3) is 0 Å². The maximum Gasteiger partial charge on any atom is 0.155 e. The van der Waals surface area contributed by atoms with Gasteiger partial charge in [-0.05, 0) is 0 Å². The average molecular weight is 312 g/mol. The van der Waals surface area contributed by atoms with Gasteiger partial charge in [0.25, 0.3) is 0 Å². The highest BCUT2D eigenvalue weighted by atomic mass is 31.3. The summed E-state index contributed by atoms with van der Waals surface area (Å²) in [6.07, 6.45) is 0. The van der Waals surface area contributed by atoms with Gasteiger partial charge in [0.1, 0.15) is 0 Å². The fourth-order valence-corrected chi connectivity index (χ4v) is 8.65. The molecule has 0 saturated carbocycles. The summed E-state index contributed by atoms with van der Waals surface area (Å²) in [5.74, 6) is 0. The van der Waals surface area contributed by atoms with Crippen molar-refractivity contribution in [2.45, 2.75) is 0 Å². The van der Waals surface area contributed by atoms with E-state index in [-0.39, 0.29) is 0 Å². The Balaban J connectivity index is 3.18. The lowest BCUT2D eigenvalue weighted by Crippen LogP contribution is -2.44. The summed E-state index contributed by atoms with van der Waals surface area (Å²) in [5, 5.41) is 0. The monoisotopic (exact) mass is 312 g/mol. The van der Waals surface area contributed by atoms with Crippen molar-refractivity contribution < 1.29 is 37.8 Å². The third kappa shape index (κ3) is 4.46. The summed E-state index contributed by atoms with van der Waals surface area (Å²) >= 11 is 0. The minimum atomic E-state index is -5.24. The van der Waals surface area contributed by atoms with E-state index in [9.17, 15) is 37.8 Å². The fraction of sp³-hybridized carbons (Fsp3) is 0. The van der Waals surface area contributed by atoms with Gasteiger partial charge in [-0.3, -0.25) is 0 Å². The van der Waals surface area contributed by atoms with E-state index in [1.165, 1.54) is 0 Å². The molecule has 1 saturated heterocycles. The van der Waals surface area contributed by atoms with E-state index < -0.39 is 30.7 Å². The zero-order chi connectivity index (χ0) is 12.8. The highest BCUT2D eigenvalue weighted by Gasteiger charge is 2.29. The molecule has 1 heterocycles. The lowest BCUT2D eigenvalue weighted by molar-refractivity contribution is -0.201. The molecule has 16 heavy (non-hydrogen) atoms. The van der Waals surface area contributed by atoms with Crippen molar-refractivity contribution in [3.8, 4) is 0 Å². The van der Waals surface area contributed by atoms with Gasteiger partial charge >= 0.3 is 0 Å². The molecule has 0 aromatic rings. The van der Waals surface area contributed by atoms with Gasteiger partial charge in [-0.1, -0.05) is 0 Å². The van der Waals surface area contributed by atoms with Crippen LogP contribution in [0.3, 0.4) is 0 Å². The molecule has 4 N–H and O–H groups in total. The third-order valence-corrected chi connectivity index (χ3v) is 9.48. The van der Waals surface area contributed by atoms with Crippen LogP contribution in [0.1, 0.15) is 0 Å². The van der Waals surface area contributed by atoms with Gasteiger partial charge in [0.15, 0.2) is 30.7 Å². The quantitative estimate of drug-likeness (QED) is 0.318. The lowest BCUT2D eigenvalue weighted by atomic mass is 13.8. The molecule has 16 heteroatoms. The molecule has 0 aromatic heterocycles. The second-order valence-electron chi connectivity index (χ2n) is 2.61. The van der Waals surface area contributed by atoms with Crippen LogP contribution in [-0.4, -0.2) is 0 Å². The first kappa shape index (κ1) is 14.7. The van der Waals surface area contributed by atoms with Crippen LogP contribution in [0.4, 0.5) is 0 Å². The maximum absolute atomic E-state index is 10.9. The van der Waals surface area contributed by atoms with Crippen molar-refractivity contribution in [3.63, 3.8) is 0 Å². The zero-order valence-corrected chi connectivity index (χ0v) is 10.6. The van der Waals surface area contributed by atoms with Crippen LogP contribution in [0.2, 0.25) is 0 Å². The van der Waals surface area contributed by atoms with Gasteiger partial charge in [-0.2, -0.15) is 0 Å². The van der Waals surface area contributed by atoms with Gasteiger partial charge in [-0.15, -0.1) is 0 Å². The van der Waals surface area contributed by atoms with Crippen LogP contribution in [0, 0.1) is 0 Å². The Hall–Kier alpha value is 0.600. The molecule has 1 rings (SSSR count). The van der Waals surface area contributed by atoms with Crippen LogP contribution in [-0.2, 0) is 18.3 Å². The Kier molecular flexibility index (Phi) is 3.72. The Morgan fingerprint density at radius 1 is 0.500 bits per heavy atom. The van der Waals surface area contributed by atoms with Gasteiger partial charge in [0.2, 0.25) is 0 Å². The molecule has 0 aromatic carbocycles. The van der Waals surface area contributed by atoms with Crippen molar-refractivity contribution in [2.75, 3.05) is 0 Å². The highest BCUT2D eigenvalue weighted by molar-refractivity contribution is 7.83. The van der Waals surface area contributed by atoms with Gasteiger partial charge in [0, 0.05) is 0 Å². The molecule has 0 amide bonds. The third-order valence-electron chi connectivity index (χ3n) is 1.05. The van der Waals surface area contributed by atoms with Gasteiger partial charge < -0.3 is 37.8 Å². The lowest BCUT2D eigenvalue weighted by Gasteiger charge is -2.45. The minimum Gasteiger partial charge on any atom is -0.775 e. The second kappa shape index (κ2) is 4.07. The Morgan fingerprint density at radius 3 is 0.750 bits per heavy atom. The number of hydrogen-bond donors (Lipinski definition) is 4. The van der Waals surface area contributed by atoms with E-state index in [2.05, 4.69) is 0 Å². The maximum atomic E-state index is 10.9. The standard InChI is InChI=1S/H8N4O8P4/c5-13(6)1-14(7,8)3-16(11,12)4-15(9,10)2-13/h(H8,1,2,3,4,5,6,7,8,9,10,11,12)/p-4. The predicted octanol–water partition coefficient (Wildman–Crippen LogP) is -3.77. The molecule has 0 spiro atoms. The first-order chi connectivity index (χ1) is 6.83. The van der Waals surface area contributed by atoms with Gasteiger partial charge in [-0.25, -0.2) is 19.4 Å². The smallest absolute Gasteiger partial charge is 0.155 e. The fourth-order valence-electron chi connectivity index (χ4n) is 0.783. The average Bonchev–Trinajstić information content (AvgIpc) is 1.67. The van der Waals surface area contributed by atoms with Crippen molar-refractivity contribution in [3.05, 3.63) is 0 Å². The molecule has 0 atom stereocenters. The summed E-state index contributed by atoms with van der Waals surface area (Å²) in [7, 11) is -21.0.